The Hall–Kier alpha value is -2.88. The van der Waals surface area contributed by atoms with Crippen LogP contribution in [0.4, 0.5) is 0 Å². The number of carbonyl (C=O) groups excluding carboxylic acids is 1. The van der Waals surface area contributed by atoms with Gasteiger partial charge in [-0.3, -0.25) is 4.79 Å². The normalized spacial score (nSPS) is 23.0. The van der Waals surface area contributed by atoms with Gasteiger partial charge >= 0.3 is 13.1 Å². The maximum Gasteiger partial charge on any atom is 0.494 e. The summed E-state index contributed by atoms with van der Waals surface area (Å²) in [6, 6.07) is 30.3. The number of esters is 1. The molecule has 1 saturated heterocycles. The van der Waals surface area contributed by atoms with E-state index in [4.69, 9.17) is 14.0 Å². The van der Waals surface area contributed by atoms with E-state index in [0.717, 1.165) is 41.6 Å². The van der Waals surface area contributed by atoms with Crippen molar-refractivity contribution in [1.29, 1.82) is 0 Å². The number of benzene rings is 3. The van der Waals surface area contributed by atoms with Crippen LogP contribution in [0.3, 0.4) is 0 Å². The van der Waals surface area contributed by atoms with Gasteiger partial charge in [-0.15, -0.1) is 11.8 Å². The van der Waals surface area contributed by atoms with Crippen molar-refractivity contribution in [3.63, 3.8) is 0 Å². The molecule has 244 valence electrons. The van der Waals surface area contributed by atoms with Gasteiger partial charge in [-0.25, -0.2) is 0 Å². The minimum Gasteiger partial charge on any atom is -0.463 e. The zero-order chi connectivity index (χ0) is 32.3. The lowest BCUT2D eigenvalue weighted by Crippen LogP contribution is -2.48. The zero-order valence-corrected chi connectivity index (χ0v) is 27.7. The molecule has 0 radical (unpaired) electrons. The highest BCUT2D eigenvalue weighted by Crippen LogP contribution is 2.49. The molecule has 0 spiro atoms. The van der Waals surface area contributed by atoms with Crippen molar-refractivity contribution in [2.24, 2.45) is 11.8 Å². The summed E-state index contributed by atoms with van der Waals surface area (Å²) in [7, 11) is -0.476. The van der Waals surface area contributed by atoms with E-state index in [9.17, 15) is 15.0 Å². The van der Waals surface area contributed by atoms with Gasteiger partial charge in [0.25, 0.3) is 0 Å². The Bertz CT molecular complexity index is 1360. The summed E-state index contributed by atoms with van der Waals surface area (Å²) in [6.07, 6.45) is 6.76. The molecule has 1 heterocycles. The van der Waals surface area contributed by atoms with Gasteiger partial charge in [0.15, 0.2) is 0 Å². The molecule has 3 aromatic rings. The van der Waals surface area contributed by atoms with Crippen LogP contribution in [0.2, 0.25) is 0 Å². The number of ether oxygens (including phenoxy) is 1. The smallest absolute Gasteiger partial charge is 0.463 e. The van der Waals surface area contributed by atoms with Crippen molar-refractivity contribution < 1.29 is 29.1 Å². The number of hydrogen-bond donors (Lipinski definition) is 2. The van der Waals surface area contributed by atoms with Gasteiger partial charge in [-0.05, 0) is 81.4 Å². The van der Waals surface area contributed by atoms with Crippen LogP contribution in [0, 0.1) is 11.8 Å². The van der Waals surface area contributed by atoms with E-state index >= 15 is 0 Å². The van der Waals surface area contributed by atoms with Gasteiger partial charge in [-0.2, -0.15) is 0 Å². The first-order chi connectivity index (χ1) is 22.4. The van der Waals surface area contributed by atoms with Crippen LogP contribution in [-0.2, 0) is 25.3 Å². The van der Waals surface area contributed by atoms with E-state index < -0.39 is 19.3 Å². The van der Waals surface area contributed by atoms with Gasteiger partial charge < -0.3 is 24.3 Å². The average Bonchev–Trinajstić information content (AvgIpc) is 3.32. The highest BCUT2D eigenvalue weighted by atomic mass is 32.2. The summed E-state index contributed by atoms with van der Waals surface area (Å²) in [5, 5.41) is 23.0. The quantitative estimate of drug-likeness (QED) is 0.0617. The lowest BCUT2D eigenvalue weighted by atomic mass is 9.77. The summed E-state index contributed by atoms with van der Waals surface area (Å²) in [5.41, 5.74) is 2.12. The number of hydrogen-bond acceptors (Lipinski definition) is 7. The van der Waals surface area contributed by atoms with Crippen molar-refractivity contribution in [2.75, 3.05) is 0 Å². The molecule has 0 aromatic heterocycles. The minimum atomic E-state index is -0.963. The predicted molar refractivity (Wildman–Crippen MR) is 185 cm³/mol. The molecule has 3 aromatic carbocycles. The summed E-state index contributed by atoms with van der Waals surface area (Å²) in [6.45, 7) is 3.73. The second-order valence-corrected chi connectivity index (χ2v) is 13.9. The number of rotatable bonds is 16. The molecule has 46 heavy (non-hydrogen) atoms. The van der Waals surface area contributed by atoms with Crippen LogP contribution < -0.4 is 5.46 Å². The maximum atomic E-state index is 12.0. The van der Waals surface area contributed by atoms with Crippen molar-refractivity contribution in [3.05, 3.63) is 109 Å². The Kier molecular flexibility index (Phi) is 13.0. The number of aryl methyl sites for hydroxylation is 1. The lowest BCUT2D eigenvalue weighted by Gasteiger charge is -2.36. The van der Waals surface area contributed by atoms with E-state index in [-0.39, 0.29) is 41.4 Å². The molecule has 6 nitrogen and oxygen atoms in total. The fourth-order valence-corrected chi connectivity index (χ4v) is 8.19. The monoisotopic (exact) mass is 642 g/mol. The molecule has 2 fully saturated rings. The Labute approximate surface area is 278 Å². The molecule has 5 rings (SSSR count). The second kappa shape index (κ2) is 17.3. The van der Waals surface area contributed by atoms with Gasteiger partial charge in [0.2, 0.25) is 0 Å². The first-order valence-electron chi connectivity index (χ1n) is 16.7. The summed E-state index contributed by atoms with van der Waals surface area (Å²) < 4.78 is 18.6. The van der Waals surface area contributed by atoms with Crippen molar-refractivity contribution in [1.82, 2.24) is 0 Å². The maximum absolute atomic E-state index is 12.0. The number of aliphatic hydroxyl groups is 2. The van der Waals surface area contributed by atoms with Crippen LogP contribution in [0.1, 0.15) is 57.9 Å². The van der Waals surface area contributed by atoms with Gasteiger partial charge in [0.05, 0.1) is 18.3 Å². The number of unbranched alkanes of at least 4 members (excludes halogenated alkanes) is 1. The summed E-state index contributed by atoms with van der Waals surface area (Å²) >= 11 is 1.63. The van der Waals surface area contributed by atoms with Crippen LogP contribution in [0.25, 0.3) is 0 Å². The molecule has 8 heteroatoms. The Morgan fingerprint density at radius 1 is 0.935 bits per heavy atom. The third-order valence-corrected chi connectivity index (χ3v) is 10.3. The van der Waals surface area contributed by atoms with Crippen LogP contribution in [0.15, 0.2) is 108 Å². The lowest BCUT2D eigenvalue weighted by molar-refractivity contribution is -0.147. The summed E-state index contributed by atoms with van der Waals surface area (Å²) in [5.74, 6) is -0.139. The number of thioether (sulfide) groups is 1. The molecule has 2 bridgehead atoms. The number of carbonyl (C=O) groups is 1. The first kappa shape index (κ1) is 34.5. The molecule has 1 aliphatic carbocycles. The third-order valence-electron chi connectivity index (χ3n) is 8.93. The molecule has 1 saturated carbocycles. The van der Waals surface area contributed by atoms with Gasteiger partial charge in [0.1, 0.15) is 0 Å². The fourth-order valence-electron chi connectivity index (χ4n) is 6.71. The molecule has 2 N–H and O–H groups in total. The fraction of sp³-hybridized carbons (Fsp3) is 0.447. The number of fused-ring (bicyclic) bond motifs is 2. The van der Waals surface area contributed by atoms with Gasteiger partial charge in [-0.1, -0.05) is 91.0 Å². The largest absolute Gasteiger partial charge is 0.494 e. The van der Waals surface area contributed by atoms with Crippen molar-refractivity contribution >= 4 is 30.3 Å². The van der Waals surface area contributed by atoms with E-state index in [1.165, 1.54) is 0 Å². The number of allylic oxidation sites excluding steroid dienone is 2. The van der Waals surface area contributed by atoms with E-state index in [1.807, 2.05) is 80.6 Å². The molecular weight excluding hydrogens is 595 g/mol. The first-order valence-corrected chi connectivity index (χ1v) is 17.6. The van der Waals surface area contributed by atoms with Crippen LogP contribution in [0.5, 0.6) is 0 Å². The standard InChI is InChI=1S/C38H47BO6S/c1-27(2)43-35(41)23-15-4-3-14-22-31-33-26-34(45-39(44-33)29-18-10-6-11-19-29)36(31)38(46-30-20-12-7-13-21-30)37(42)32(40)25-24-28-16-8-5-9-17-28/h3,5-14,16-21,27,31-34,36-38,40,42H,4,15,22-26H2,1-2H3/b14-3-/t31-,32-,33-,34+,36+,37-,38+/m0/s1. The molecule has 7 atom stereocenters. The van der Waals surface area contributed by atoms with Crippen LogP contribution in [-0.4, -0.2) is 59.1 Å². The highest BCUT2D eigenvalue weighted by molar-refractivity contribution is 8.00. The number of aliphatic hydroxyl groups excluding tert-OH is 2. The molecule has 2 aliphatic rings. The zero-order valence-electron chi connectivity index (χ0n) is 26.9. The second-order valence-electron chi connectivity index (χ2n) is 12.7. The predicted octanol–water partition coefficient (Wildman–Crippen LogP) is 6.39. The van der Waals surface area contributed by atoms with E-state index in [2.05, 4.69) is 36.4 Å². The Morgan fingerprint density at radius 2 is 1.59 bits per heavy atom. The Morgan fingerprint density at radius 3 is 2.28 bits per heavy atom. The summed E-state index contributed by atoms with van der Waals surface area (Å²) in [4.78, 5) is 13.0. The van der Waals surface area contributed by atoms with E-state index in [0.29, 0.717) is 19.3 Å². The SMILES string of the molecule is CC(C)OC(=O)CCC/C=C\C[C@@H]1[C@@H]([C@@H](Sc2ccccc2)[C@@H](O)[C@@H](O)CCc2ccccc2)[C@H]2C[C@@H]1OB(c1ccccc1)O2. The Balaban J connectivity index is 1.36. The minimum absolute atomic E-state index is 0.0489. The molecule has 0 unspecified atom stereocenters. The average molecular weight is 643 g/mol. The molecule has 1 aliphatic heterocycles. The topological polar surface area (TPSA) is 85.2 Å². The molecule has 0 amide bonds. The molecular formula is C38H47BO6S. The van der Waals surface area contributed by atoms with Gasteiger partial charge in [0, 0.05) is 34.7 Å². The highest BCUT2D eigenvalue weighted by Gasteiger charge is 2.55. The van der Waals surface area contributed by atoms with Crippen molar-refractivity contribution in [3.8, 4) is 0 Å². The van der Waals surface area contributed by atoms with Crippen molar-refractivity contribution in [2.45, 2.75) is 99.5 Å². The van der Waals surface area contributed by atoms with Crippen LogP contribution >= 0.6 is 11.8 Å². The van der Waals surface area contributed by atoms with E-state index in [1.54, 1.807) is 11.8 Å². The third kappa shape index (κ3) is 9.58.